The number of aryl methyl sites for hydroxylation is 1. The molecule has 1 aromatic rings. The lowest BCUT2D eigenvalue weighted by Crippen LogP contribution is -2.26. The van der Waals surface area contributed by atoms with Crippen LogP contribution in [0, 0.1) is 17.2 Å². The highest BCUT2D eigenvalue weighted by Gasteiger charge is 2.38. The quantitative estimate of drug-likeness (QED) is 0.866. The van der Waals surface area contributed by atoms with Gasteiger partial charge >= 0.3 is 0 Å². The summed E-state index contributed by atoms with van der Waals surface area (Å²) in [5, 5.41) is 16.7. The molecular formula is C15H20N4O. The van der Waals surface area contributed by atoms with Gasteiger partial charge in [0.05, 0.1) is 5.57 Å². The SMILES string of the molecule is CCc1[nH]nc2c1[C@@H](C1CCCCC1)C(C#N)=C(N)O2. The number of fused-ring (bicyclic) bond motifs is 1. The fourth-order valence-corrected chi connectivity index (χ4v) is 3.56. The molecule has 1 aromatic heterocycles. The van der Waals surface area contributed by atoms with Gasteiger partial charge in [-0.3, -0.25) is 5.10 Å². The third-order valence-electron chi connectivity index (χ3n) is 4.54. The molecule has 0 bridgehead atoms. The molecule has 3 rings (SSSR count). The summed E-state index contributed by atoms with van der Waals surface area (Å²) in [6.45, 7) is 2.08. The van der Waals surface area contributed by atoms with Gasteiger partial charge in [0.15, 0.2) is 0 Å². The molecule has 0 amide bonds. The Morgan fingerprint density at radius 1 is 1.40 bits per heavy atom. The molecule has 1 saturated carbocycles. The van der Waals surface area contributed by atoms with E-state index in [1.807, 2.05) is 0 Å². The monoisotopic (exact) mass is 272 g/mol. The molecule has 3 N–H and O–H groups in total. The van der Waals surface area contributed by atoms with E-state index in [2.05, 4.69) is 23.2 Å². The number of nitrogens with two attached hydrogens (primary N) is 1. The number of allylic oxidation sites excluding steroid dienone is 1. The molecule has 0 unspecified atom stereocenters. The van der Waals surface area contributed by atoms with E-state index in [1.54, 1.807) is 0 Å². The molecular weight excluding hydrogens is 252 g/mol. The Bertz CT molecular complexity index is 575. The predicted octanol–water partition coefficient (Wildman–Crippen LogP) is 2.72. The van der Waals surface area contributed by atoms with Crippen LogP contribution in [0.25, 0.3) is 0 Å². The molecule has 0 aromatic carbocycles. The summed E-state index contributed by atoms with van der Waals surface area (Å²) in [5.41, 5.74) is 8.64. The van der Waals surface area contributed by atoms with Crippen LogP contribution in [0.3, 0.4) is 0 Å². The average Bonchev–Trinajstić information content (AvgIpc) is 2.89. The van der Waals surface area contributed by atoms with Crippen molar-refractivity contribution in [3.05, 3.63) is 22.7 Å². The maximum Gasteiger partial charge on any atom is 0.243 e. The summed E-state index contributed by atoms with van der Waals surface area (Å²) in [6, 6.07) is 2.27. The molecule has 1 fully saturated rings. The van der Waals surface area contributed by atoms with Gasteiger partial charge in [0.1, 0.15) is 6.07 Å². The lowest BCUT2D eigenvalue weighted by Gasteiger charge is -2.32. The van der Waals surface area contributed by atoms with Crippen molar-refractivity contribution < 1.29 is 4.74 Å². The van der Waals surface area contributed by atoms with Crippen molar-refractivity contribution in [2.45, 2.75) is 51.4 Å². The standard InChI is InChI=1S/C15H20N4O/c1-2-11-13-12(9-6-4-3-5-7-9)10(8-16)14(17)20-15(13)19-18-11/h9,12H,2-7,17H2,1H3,(H,18,19)/t12-/m0/s1. The minimum Gasteiger partial charge on any atom is -0.420 e. The number of H-pyrrole nitrogens is 1. The Balaban J connectivity index is 2.07. The van der Waals surface area contributed by atoms with Crippen LogP contribution in [0.15, 0.2) is 11.5 Å². The van der Waals surface area contributed by atoms with Crippen LogP contribution in [-0.2, 0) is 6.42 Å². The first-order valence-electron chi connectivity index (χ1n) is 7.41. The molecule has 0 spiro atoms. The Hall–Kier alpha value is -1.96. The molecule has 2 heterocycles. The number of nitriles is 1. The number of aromatic amines is 1. The van der Waals surface area contributed by atoms with E-state index in [1.165, 1.54) is 19.3 Å². The summed E-state index contributed by atoms with van der Waals surface area (Å²) in [6.07, 6.45) is 6.91. The Morgan fingerprint density at radius 3 is 2.80 bits per heavy atom. The third-order valence-corrected chi connectivity index (χ3v) is 4.54. The molecule has 106 valence electrons. The lowest BCUT2D eigenvalue weighted by atomic mass is 9.73. The van der Waals surface area contributed by atoms with Crippen molar-refractivity contribution in [1.29, 1.82) is 5.26 Å². The van der Waals surface area contributed by atoms with E-state index in [-0.39, 0.29) is 11.8 Å². The maximum absolute atomic E-state index is 9.49. The van der Waals surface area contributed by atoms with E-state index >= 15 is 0 Å². The molecule has 5 heteroatoms. The van der Waals surface area contributed by atoms with Crippen molar-refractivity contribution in [2.24, 2.45) is 11.7 Å². The highest BCUT2D eigenvalue weighted by Crippen LogP contribution is 2.47. The molecule has 1 aliphatic heterocycles. The van der Waals surface area contributed by atoms with Gasteiger partial charge in [0.25, 0.3) is 0 Å². The van der Waals surface area contributed by atoms with Crippen molar-refractivity contribution >= 4 is 0 Å². The predicted molar refractivity (Wildman–Crippen MR) is 74.7 cm³/mol. The van der Waals surface area contributed by atoms with E-state index in [4.69, 9.17) is 10.5 Å². The summed E-state index contributed by atoms with van der Waals surface area (Å²) < 4.78 is 5.53. The minimum absolute atomic E-state index is 0.0535. The smallest absolute Gasteiger partial charge is 0.243 e. The van der Waals surface area contributed by atoms with E-state index in [0.717, 1.165) is 30.5 Å². The molecule has 1 atom stereocenters. The largest absolute Gasteiger partial charge is 0.420 e. The Labute approximate surface area is 118 Å². The van der Waals surface area contributed by atoms with Crippen molar-refractivity contribution in [3.63, 3.8) is 0 Å². The highest BCUT2D eigenvalue weighted by atomic mass is 16.5. The highest BCUT2D eigenvalue weighted by molar-refractivity contribution is 5.49. The van der Waals surface area contributed by atoms with Gasteiger partial charge in [-0.1, -0.05) is 26.2 Å². The Morgan fingerprint density at radius 2 is 2.15 bits per heavy atom. The number of aromatic nitrogens is 2. The zero-order valence-corrected chi connectivity index (χ0v) is 11.8. The second-order valence-electron chi connectivity index (χ2n) is 5.64. The first-order valence-corrected chi connectivity index (χ1v) is 7.41. The van der Waals surface area contributed by atoms with Crippen molar-refractivity contribution in [1.82, 2.24) is 10.2 Å². The normalized spacial score (nSPS) is 23.1. The number of nitrogens with zero attached hydrogens (tertiary/aromatic N) is 2. The van der Waals surface area contributed by atoms with Gasteiger partial charge < -0.3 is 10.5 Å². The van der Waals surface area contributed by atoms with Crippen molar-refractivity contribution in [2.75, 3.05) is 0 Å². The topological polar surface area (TPSA) is 87.7 Å². The van der Waals surface area contributed by atoms with Crippen LogP contribution in [0.4, 0.5) is 0 Å². The third kappa shape index (κ3) is 1.96. The van der Waals surface area contributed by atoms with Crippen LogP contribution in [0.1, 0.15) is 56.2 Å². The van der Waals surface area contributed by atoms with Gasteiger partial charge in [-0.25, -0.2) is 0 Å². The summed E-state index contributed by atoms with van der Waals surface area (Å²) in [5.74, 6) is 1.32. The molecule has 5 nitrogen and oxygen atoms in total. The molecule has 0 saturated heterocycles. The zero-order valence-electron chi connectivity index (χ0n) is 11.8. The zero-order chi connectivity index (χ0) is 14.1. The van der Waals surface area contributed by atoms with Gasteiger partial charge in [0.2, 0.25) is 11.8 Å². The van der Waals surface area contributed by atoms with Gasteiger partial charge in [-0.15, -0.1) is 5.10 Å². The number of rotatable bonds is 2. The summed E-state index contributed by atoms with van der Waals surface area (Å²) in [7, 11) is 0. The second kappa shape index (κ2) is 5.20. The fraction of sp³-hybridized carbons (Fsp3) is 0.600. The van der Waals surface area contributed by atoms with E-state index < -0.39 is 0 Å². The van der Waals surface area contributed by atoms with Gasteiger partial charge in [-0.05, 0) is 25.2 Å². The first kappa shape index (κ1) is 13.0. The summed E-state index contributed by atoms with van der Waals surface area (Å²) in [4.78, 5) is 0. The van der Waals surface area contributed by atoms with Crippen molar-refractivity contribution in [3.8, 4) is 11.9 Å². The number of hydrogen-bond donors (Lipinski definition) is 2. The van der Waals surface area contributed by atoms with Gasteiger partial charge in [0, 0.05) is 17.2 Å². The summed E-state index contributed by atoms with van der Waals surface area (Å²) >= 11 is 0. The second-order valence-corrected chi connectivity index (χ2v) is 5.64. The number of ether oxygens (including phenoxy) is 1. The van der Waals surface area contributed by atoms with Crippen LogP contribution < -0.4 is 10.5 Å². The van der Waals surface area contributed by atoms with E-state index in [9.17, 15) is 5.26 Å². The first-order chi connectivity index (χ1) is 9.76. The van der Waals surface area contributed by atoms with Gasteiger partial charge in [-0.2, -0.15) is 5.26 Å². The average molecular weight is 272 g/mol. The molecule has 1 aliphatic carbocycles. The molecule has 0 radical (unpaired) electrons. The van der Waals surface area contributed by atoms with Crippen LogP contribution in [-0.4, -0.2) is 10.2 Å². The Kier molecular flexibility index (Phi) is 3.39. The molecule has 2 aliphatic rings. The van der Waals surface area contributed by atoms with Crippen LogP contribution in [0.5, 0.6) is 5.88 Å². The van der Waals surface area contributed by atoms with Crippen LogP contribution in [0.2, 0.25) is 0 Å². The van der Waals surface area contributed by atoms with E-state index in [0.29, 0.717) is 17.4 Å². The van der Waals surface area contributed by atoms with Crippen LogP contribution >= 0.6 is 0 Å². The number of hydrogen-bond acceptors (Lipinski definition) is 4. The fourth-order valence-electron chi connectivity index (χ4n) is 3.56. The minimum atomic E-state index is 0.0535. The lowest BCUT2D eigenvalue weighted by molar-refractivity contribution is 0.296. The number of nitrogens with one attached hydrogen (secondary N) is 1. The maximum atomic E-state index is 9.49. The molecule has 20 heavy (non-hydrogen) atoms.